The molecule has 0 aromatic carbocycles. The van der Waals surface area contributed by atoms with Gasteiger partial charge in [0, 0.05) is 19.4 Å². The van der Waals surface area contributed by atoms with Gasteiger partial charge in [-0.05, 0) is 0 Å². The molecule has 3 amide bonds. The smallest absolute Gasteiger partial charge is 0.242 e. The van der Waals surface area contributed by atoms with Crippen molar-refractivity contribution in [2.24, 2.45) is 5.84 Å². The van der Waals surface area contributed by atoms with E-state index in [1.807, 2.05) is 5.43 Å². The maximum Gasteiger partial charge on any atom is 0.242 e. The highest BCUT2D eigenvalue weighted by atomic mass is 32.1. The fraction of sp³-hybridized carbons (Fsp3) is 0.571. The van der Waals surface area contributed by atoms with Crippen molar-refractivity contribution >= 4 is 30.4 Å². The van der Waals surface area contributed by atoms with Crippen LogP contribution in [0.3, 0.4) is 0 Å². The summed E-state index contributed by atoms with van der Waals surface area (Å²) in [4.78, 5) is 34.3. The predicted molar refractivity (Wildman–Crippen MR) is 51.1 cm³/mol. The van der Waals surface area contributed by atoms with Crippen molar-refractivity contribution in [2.45, 2.75) is 18.1 Å². The summed E-state index contributed by atoms with van der Waals surface area (Å²) in [6.45, 7) is 0.0672. The first kappa shape index (κ1) is 11.0. The Kier molecular flexibility index (Phi) is 3.48. The molecule has 0 saturated carbocycles. The molecule has 0 aliphatic carbocycles. The van der Waals surface area contributed by atoms with Crippen molar-refractivity contribution in [3.05, 3.63) is 0 Å². The van der Waals surface area contributed by atoms with E-state index < -0.39 is 11.2 Å². The predicted octanol–water partition coefficient (Wildman–Crippen LogP) is -1.58. The molecule has 0 aromatic rings. The molecule has 78 valence electrons. The van der Waals surface area contributed by atoms with Gasteiger partial charge in [-0.1, -0.05) is 0 Å². The molecular formula is C7H11N3O3S. The third-order valence-corrected chi connectivity index (χ3v) is 2.35. The molecule has 1 heterocycles. The number of carbonyl (C=O) groups excluding carboxylic acids is 3. The number of nitrogens with zero attached hydrogens (tertiary/aromatic N) is 1. The summed E-state index contributed by atoms with van der Waals surface area (Å²) in [5, 5.41) is -0.566. The Labute approximate surface area is 86.2 Å². The third kappa shape index (κ3) is 2.24. The van der Waals surface area contributed by atoms with Crippen LogP contribution < -0.4 is 11.3 Å². The zero-order chi connectivity index (χ0) is 10.7. The molecule has 14 heavy (non-hydrogen) atoms. The van der Waals surface area contributed by atoms with Crippen molar-refractivity contribution in [2.75, 3.05) is 6.54 Å². The SMILES string of the molecule is NNC(=O)CCN1C(=O)CC(S)C1=O. The second-order valence-electron chi connectivity index (χ2n) is 2.92. The molecule has 6 nitrogen and oxygen atoms in total. The van der Waals surface area contributed by atoms with Gasteiger partial charge in [-0.15, -0.1) is 0 Å². The van der Waals surface area contributed by atoms with Crippen LogP contribution >= 0.6 is 12.6 Å². The first-order chi connectivity index (χ1) is 6.56. The average molecular weight is 217 g/mol. The van der Waals surface area contributed by atoms with Crippen molar-refractivity contribution in [1.29, 1.82) is 0 Å². The number of likely N-dealkylation sites (tertiary alicyclic amines) is 1. The second-order valence-corrected chi connectivity index (χ2v) is 3.54. The quantitative estimate of drug-likeness (QED) is 0.175. The number of rotatable bonds is 3. The zero-order valence-electron chi connectivity index (χ0n) is 7.40. The van der Waals surface area contributed by atoms with Gasteiger partial charge in [0.05, 0.1) is 5.25 Å². The topological polar surface area (TPSA) is 92.5 Å². The zero-order valence-corrected chi connectivity index (χ0v) is 8.29. The van der Waals surface area contributed by atoms with Crippen LogP contribution in [0.15, 0.2) is 0 Å². The molecule has 1 aliphatic rings. The van der Waals surface area contributed by atoms with Crippen LogP contribution in [0.1, 0.15) is 12.8 Å². The summed E-state index contributed by atoms with van der Waals surface area (Å²) in [5.41, 5.74) is 1.92. The van der Waals surface area contributed by atoms with Gasteiger partial charge in [0.15, 0.2) is 0 Å². The van der Waals surface area contributed by atoms with E-state index in [-0.39, 0.29) is 31.2 Å². The lowest BCUT2D eigenvalue weighted by Crippen LogP contribution is -2.37. The summed E-state index contributed by atoms with van der Waals surface area (Å²) in [6.07, 6.45) is 0.126. The van der Waals surface area contributed by atoms with E-state index >= 15 is 0 Å². The van der Waals surface area contributed by atoms with Gasteiger partial charge in [0.1, 0.15) is 0 Å². The second kappa shape index (κ2) is 4.43. The highest BCUT2D eigenvalue weighted by Crippen LogP contribution is 2.17. The lowest BCUT2D eigenvalue weighted by Gasteiger charge is -2.12. The van der Waals surface area contributed by atoms with Crippen molar-refractivity contribution < 1.29 is 14.4 Å². The van der Waals surface area contributed by atoms with E-state index in [4.69, 9.17) is 5.84 Å². The van der Waals surface area contributed by atoms with Gasteiger partial charge in [0.25, 0.3) is 0 Å². The highest BCUT2D eigenvalue weighted by Gasteiger charge is 2.35. The Morgan fingerprint density at radius 2 is 2.29 bits per heavy atom. The summed E-state index contributed by atoms with van der Waals surface area (Å²) in [6, 6.07) is 0. The van der Waals surface area contributed by atoms with Gasteiger partial charge in [-0.2, -0.15) is 12.6 Å². The maximum absolute atomic E-state index is 11.3. The number of imide groups is 1. The number of hydrogen-bond donors (Lipinski definition) is 3. The van der Waals surface area contributed by atoms with Crippen LogP contribution in [-0.4, -0.2) is 34.4 Å². The van der Waals surface area contributed by atoms with E-state index in [1.54, 1.807) is 0 Å². The fourth-order valence-electron chi connectivity index (χ4n) is 1.19. The number of nitrogens with one attached hydrogen (secondary N) is 1. The van der Waals surface area contributed by atoms with E-state index in [0.29, 0.717) is 0 Å². The van der Waals surface area contributed by atoms with E-state index in [1.165, 1.54) is 0 Å². The molecular weight excluding hydrogens is 206 g/mol. The molecule has 0 radical (unpaired) electrons. The van der Waals surface area contributed by atoms with Gasteiger partial charge < -0.3 is 0 Å². The van der Waals surface area contributed by atoms with Crippen LogP contribution in [0.4, 0.5) is 0 Å². The summed E-state index contributed by atoms with van der Waals surface area (Å²) < 4.78 is 0. The lowest BCUT2D eigenvalue weighted by atomic mass is 10.4. The van der Waals surface area contributed by atoms with Gasteiger partial charge in [-0.25, -0.2) is 5.84 Å². The molecule has 1 atom stereocenters. The van der Waals surface area contributed by atoms with Crippen LogP contribution in [-0.2, 0) is 14.4 Å². The van der Waals surface area contributed by atoms with E-state index in [0.717, 1.165) is 4.90 Å². The van der Waals surface area contributed by atoms with Gasteiger partial charge >= 0.3 is 0 Å². The van der Waals surface area contributed by atoms with Crippen molar-refractivity contribution in [1.82, 2.24) is 10.3 Å². The molecule has 0 spiro atoms. The lowest BCUT2D eigenvalue weighted by molar-refractivity contribution is -0.138. The van der Waals surface area contributed by atoms with Crippen LogP contribution in [0.25, 0.3) is 0 Å². The van der Waals surface area contributed by atoms with Crippen LogP contribution in [0.5, 0.6) is 0 Å². The Hall–Kier alpha value is -1.08. The maximum atomic E-state index is 11.3. The van der Waals surface area contributed by atoms with E-state index in [9.17, 15) is 14.4 Å². The Morgan fingerprint density at radius 3 is 2.71 bits per heavy atom. The minimum atomic E-state index is -0.566. The fourth-order valence-corrected chi connectivity index (χ4v) is 1.48. The van der Waals surface area contributed by atoms with E-state index in [2.05, 4.69) is 12.6 Å². The monoisotopic (exact) mass is 217 g/mol. The molecule has 7 heteroatoms. The summed E-state index contributed by atoms with van der Waals surface area (Å²) >= 11 is 3.94. The number of nitrogens with two attached hydrogens (primary N) is 1. The Bertz CT molecular complexity index is 281. The normalized spacial score (nSPS) is 21.6. The first-order valence-corrected chi connectivity index (χ1v) is 4.59. The van der Waals surface area contributed by atoms with Crippen LogP contribution in [0, 0.1) is 0 Å². The van der Waals surface area contributed by atoms with Crippen LogP contribution in [0.2, 0.25) is 0 Å². The van der Waals surface area contributed by atoms with Gasteiger partial charge in [0.2, 0.25) is 17.7 Å². The molecule has 1 saturated heterocycles. The standard InChI is InChI=1S/C7H11N3O3S/c8-9-5(11)1-2-10-6(12)3-4(14)7(10)13/h4,14H,1-3,8H2,(H,9,11). The minimum Gasteiger partial charge on any atom is -0.294 e. The third-order valence-electron chi connectivity index (χ3n) is 1.94. The molecule has 1 aliphatic heterocycles. The Balaban J connectivity index is 2.48. The molecule has 1 rings (SSSR count). The number of amides is 3. The molecule has 1 unspecified atom stereocenters. The first-order valence-electron chi connectivity index (χ1n) is 4.08. The largest absolute Gasteiger partial charge is 0.294 e. The summed E-state index contributed by atoms with van der Waals surface area (Å²) in [7, 11) is 0. The number of hydrazine groups is 1. The number of hydrogen-bond acceptors (Lipinski definition) is 5. The number of thiol groups is 1. The molecule has 0 bridgehead atoms. The Morgan fingerprint density at radius 1 is 1.64 bits per heavy atom. The molecule has 1 fully saturated rings. The molecule has 3 N–H and O–H groups in total. The number of carbonyl (C=O) groups is 3. The molecule has 0 aromatic heterocycles. The highest BCUT2D eigenvalue weighted by molar-refractivity contribution is 7.81. The average Bonchev–Trinajstić information content (AvgIpc) is 2.39. The minimum absolute atomic E-state index is 0.0223. The van der Waals surface area contributed by atoms with Crippen molar-refractivity contribution in [3.8, 4) is 0 Å². The van der Waals surface area contributed by atoms with Crippen molar-refractivity contribution in [3.63, 3.8) is 0 Å². The van der Waals surface area contributed by atoms with Gasteiger partial charge in [-0.3, -0.25) is 24.7 Å². The summed E-state index contributed by atoms with van der Waals surface area (Å²) in [5.74, 6) is 3.81.